The van der Waals surface area contributed by atoms with Crippen molar-refractivity contribution >= 4 is 9.84 Å². The van der Waals surface area contributed by atoms with Crippen molar-refractivity contribution in [2.45, 2.75) is 43.3 Å². The van der Waals surface area contributed by atoms with Crippen LogP contribution in [-0.4, -0.2) is 26.4 Å². The van der Waals surface area contributed by atoms with Crippen LogP contribution in [0.3, 0.4) is 0 Å². The van der Waals surface area contributed by atoms with E-state index in [0.29, 0.717) is 4.90 Å². The van der Waals surface area contributed by atoms with Crippen LogP contribution in [0, 0.1) is 0 Å². The zero-order valence-corrected chi connectivity index (χ0v) is 10.8. The molecule has 1 fully saturated rings. The number of hydrogen-bond acceptors (Lipinski definition) is 3. The lowest BCUT2D eigenvalue weighted by Gasteiger charge is -2.27. The molecular formula is C13H18O3S. The zero-order valence-electron chi connectivity index (χ0n) is 10.0. The molecule has 1 aromatic rings. The van der Waals surface area contributed by atoms with Gasteiger partial charge in [-0.25, -0.2) is 8.42 Å². The van der Waals surface area contributed by atoms with Crippen LogP contribution in [0.5, 0.6) is 0 Å². The van der Waals surface area contributed by atoms with Gasteiger partial charge < -0.3 is 4.74 Å². The third-order valence-corrected chi connectivity index (χ3v) is 4.87. The van der Waals surface area contributed by atoms with Crippen molar-refractivity contribution in [3.8, 4) is 0 Å². The summed E-state index contributed by atoms with van der Waals surface area (Å²) in [6, 6.07) is 8.59. The van der Waals surface area contributed by atoms with Gasteiger partial charge in [0.2, 0.25) is 0 Å². The average molecular weight is 254 g/mol. The van der Waals surface area contributed by atoms with E-state index in [4.69, 9.17) is 4.74 Å². The van der Waals surface area contributed by atoms with Crippen LogP contribution >= 0.6 is 0 Å². The fraction of sp³-hybridized carbons (Fsp3) is 0.538. The zero-order chi connectivity index (χ0) is 12.3. The summed E-state index contributed by atoms with van der Waals surface area (Å²) >= 11 is 0. The molecule has 0 spiro atoms. The number of hydrogen-bond donors (Lipinski definition) is 0. The van der Waals surface area contributed by atoms with Gasteiger partial charge in [-0.3, -0.25) is 0 Å². The van der Waals surface area contributed by atoms with Gasteiger partial charge in [0.05, 0.1) is 22.9 Å². The van der Waals surface area contributed by atoms with Gasteiger partial charge in [0, 0.05) is 0 Å². The topological polar surface area (TPSA) is 43.4 Å². The lowest BCUT2D eigenvalue weighted by Crippen LogP contribution is -2.31. The van der Waals surface area contributed by atoms with E-state index in [2.05, 4.69) is 0 Å². The van der Waals surface area contributed by atoms with E-state index in [1.165, 1.54) is 0 Å². The summed E-state index contributed by atoms with van der Waals surface area (Å²) in [6.45, 7) is 2.00. The number of ether oxygens (including phenoxy) is 1. The highest BCUT2D eigenvalue weighted by atomic mass is 32.2. The first-order chi connectivity index (χ1) is 8.08. The van der Waals surface area contributed by atoms with Crippen molar-refractivity contribution in [3.63, 3.8) is 0 Å². The quantitative estimate of drug-likeness (QED) is 0.832. The normalized spacial score (nSPS) is 25.7. The Morgan fingerprint density at radius 3 is 2.59 bits per heavy atom. The second-order valence-electron chi connectivity index (χ2n) is 4.59. The molecule has 1 heterocycles. The molecule has 94 valence electrons. The minimum absolute atomic E-state index is 0.0986. The molecule has 0 amide bonds. The van der Waals surface area contributed by atoms with Crippen molar-refractivity contribution in [3.05, 3.63) is 30.3 Å². The summed E-state index contributed by atoms with van der Waals surface area (Å²) in [7, 11) is -3.21. The van der Waals surface area contributed by atoms with Crippen LogP contribution < -0.4 is 0 Å². The lowest BCUT2D eigenvalue weighted by molar-refractivity contribution is -0.0274. The molecule has 2 rings (SSSR count). The van der Waals surface area contributed by atoms with Crippen LogP contribution in [0.1, 0.15) is 26.2 Å². The van der Waals surface area contributed by atoms with Crippen molar-refractivity contribution in [1.82, 2.24) is 0 Å². The monoisotopic (exact) mass is 254 g/mol. The Bertz CT molecular complexity index is 453. The molecule has 1 saturated heterocycles. The summed E-state index contributed by atoms with van der Waals surface area (Å²) in [6.07, 6.45) is 2.96. The first-order valence-electron chi connectivity index (χ1n) is 6.01. The maximum absolute atomic E-state index is 12.1. The standard InChI is InChI=1S/C13H18O3S/c1-11-6-5-7-12(16-11)10-17(14,15)13-8-3-2-4-9-13/h2-4,8-9,11-12H,5-7,10H2,1H3/t11-,12-/m0/s1. The van der Waals surface area contributed by atoms with E-state index in [9.17, 15) is 8.42 Å². The SMILES string of the molecule is C[C@H]1CCC[C@@H](CS(=O)(=O)c2ccccc2)O1. The minimum atomic E-state index is -3.21. The molecule has 17 heavy (non-hydrogen) atoms. The van der Waals surface area contributed by atoms with Gasteiger partial charge in [0.1, 0.15) is 0 Å². The molecule has 4 heteroatoms. The Morgan fingerprint density at radius 2 is 1.94 bits per heavy atom. The summed E-state index contributed by atoms with van der Waals surface area (Å²) in [5, 5.41) is 0. The number of benzene rings is 1. The van der Waals surface area contributed by atoms with Gasteiger partial charge in [0.15, 0.2) is 9.84 Å². The molecule has 0 aliphatic carbocycles. The molecule has 0 N–H and O–H groups in total. The third kappa shape index (κ3) is 3.30. The van der Waals surface area contributed by atoms with E-state index >= 15 is 0 Å². The smallest absolute Gasteiger partial charge is 0.180 e. The van der Waals surface area contributed by atoms with Crippen LogP contribution in [0.2, 0.25) is 0 Å². The van der Waals surface area contributed by atoms with Gasteiger partial charge in [-0.2, -0.15) is 0 Å². The maximum atomic E-state index is 12.1. The summed E-state index contributed by atoms with van der Waals surface area (Å²) < 4.78 is 29.9. The second-order valence-corrected chi connectivity index (χ2v) is 6.63. The minimum Gasteiger partial charge on any atom is -0.374 e. The highest BCUT2D eigenvalue weighted by Gasteiger charge is 2.25. The molecule has 1 aromatic carbocycles. The van der Waals surface area contributed by atoms with Crippen molar-refractivity contribution in [1.29, 1.82) is 0 Å². The van der Waals surface area contributed by atoms with E-state index in [1.54, 1.807) is 24.3 Å². The largest absolute Gasteiger partial charge is 0.374 e. The Hall–Kier alpha value is -0.870. The second kappa shape index (κ2) is 5.19. The Kier molecular flexibility index (Phi) is 3.84. The van der Waals surface area contributed by atoms with Crippen LogP contribution in [0.25, 0.3) is 0 Å². The van der Waals surface area contributed by atoms with E-state index in [0.717, 1.165) is 19.3 Å². The molecule has 0 bridgehead atoms. The van der Waals surface area contributed by atoms with E-state index in [-0.39, 0.29) is 18.0 Å². The van der Waals surface area contributed by atoms with Crippen LogP contribution in [0.4, 0.5) is 0 Å². The maximum Gasteiger partial charge on any atom is 0.180 e. The van der Waals surface area contributed by atoms with Crippen LogP contribution in [-0.2, 0) is 14.6 Å². The Labute approximate surface area is 103 Å². The van der Waals surface area contributed by atoms with Crippen molar-refractivity contribution in [2.24, 2.45) is 0 Å². The van der Waals surface area contributed by atoms with Gasteiger partial charge in [-0.05, 0) is 38.3 Å². The molecule has 1 aliphatic rings. The van der Waals surface area contributed by atoms with Crippen molar-refractivity contribution < 1.29 is 13.2 Å². The molecule has 2 atom stereocenters. The first kappa shape index (κ1) is 12.6. The summed E-state index contributed by atoms with van der Waals surface area (Å²) in [5.41, 5.74) is 0. The molecule has 1 aliphatic heterocycles. The molecule has 0 saturated carbocycles. The molecule has 0 radical (unpaired) electrons. The Balaban J connectivity index is 2.07. The van der Waals surface area contributed by atoms with Crippen molar-refractivity contribution in [2.75, 3.05) is 5.75 Å². The number of sulfone groups is 1. The fourth-order valence-electron chi connectivity index (χ4n) is 2.19. The highest BCUT2D eigenvalue weighted by molar-refractivity contribution is 7.91. The number of rotatable bonds is 3. The Morgan fingerprint density at radius 1 is 1.24 bits per heavy atom. The predicted molar refractivity (Wildman–Crippen MR) is 66.7 cm³/mol. The van der Waals surface area contributed by atoms with Gasteiger partial charge in [0.25, 0.3) is 0 Å². The van der Waals surface area contributed by atoms with Gasteiger partial charge in [-0.1, -0.05) is 18.2 Å². The lowest BCUT2D eigenvalue weighted by atomic mass is 10.1. The summed E-state index contributed by atoms with van der Waals surface area (Å²) in [4.78, 5) is 0.391. The molecule has 3 nitrogen and oxygen atoms in total. The summed E-state index contributed by atoms with van der Waals surface area (Å²) in [5.74, 6) is 0.0986. The molecular weight excluding hydrogens is 236 g/mol. The highest BCUT2D eigenvalue weighted by Crippen LogP contribution is 2.22. The van der Waals surface area contributed by atoms with Gasteiger partial charge >= 0.3 is 0 Å². The average Bonchev–Trinajstić information content (AvgIpc) is 2.29. The molecule has 0 unspecified atom stereocenters. The predicted octanol–water partition coefficient (Wildman–Crippen LogP) is 2.42. The third-order valence-electron chi connectivity index (χ3n) is 3.07. The van der Waals surface area contributed by atoms with Gasteiger partial charge in [-0.15, -0.1) is 0 Å². The first-order valence-corrected chi connectivity index (χ1v) is 7.66. The van der Waals surface area contributed by atoms with Crippen LogP contribution in [0.15, 0.2) is 35.2 Å². The fourth-order valence-corrected chi connectivity index (χ4v) is 3.69. The van der Waals surface area contributed by atoms with E-state index in [1.807, 2.05) is 13.0 Å². The van der Waals surface area contributed by atoms with E-state index < -0.39 is 9.84 Å². The molecule has 0 aromatic heterocycles.